The van der Waals surface area contributed by atoms with E-state index in [4.69, 9.17) is 0 Å². The molecule has 3 atom stereocenters. The van der Waals surface area contributed by atoms with Crippen LogP contribution in [0.5, 0.6) is 0 Å². The molecule has 136 valence electrons. The van der Waals surface area contributed by atoms with Gasteiger partial charge in [-0.3, -0.25) is 14.5 Å². The molecule has 1 aromatic carbocycles. The summed E-state index contributed by atoms with van der Waals surface area (Å²) in [5, 5.41) is 2.94. The molecule has 1 aromatic rings. The van der Waals surface area contributed by atoms with Gasteiger partial charge < -0.3 is 10.2 Å². The third-order valence-corrected chi connectivity index (χ3v) is 5.54. The van der Waals surface area contributed by atoms with E-state index in [2.05, 4.69) is 29.0 Å². The highest BCUT2D eigenvalue weighted by atomic mass is 16.2. The molecule has 2 saturated heterocycles. The van der Waals surface area contributed by atoms with Gasteiger partial charge in [0, 0.05) is 37.6 Å². The van der Waals surface area contributed by atoms with Gasteiger partial charge in [0.25, 0.3) is 0 Å². The average molecular weight is 343 g/mol. The summed E-state index contributed by atoms with van der Waals surface area (Å²) in [4.78, 5) is 29.3. The molecule has 2 aliphatic rings. The van der Waals surface area contributed by atoms with E-state index in [1.807, 2.05) is 30.3 Å². The molecule has 1 N–H and O–H groups in total. The van der Waals surface area contributed by atoms with Crippen LogP contribution in [-0.2, 0) is 9.59 Å². The van der Waals surface area contributed by atoms with Gasteiger partial charge in [-0.05, 0) is 38.7 Å². The van der Waals surface area contributed by atoms with Crippen molar-refractivity contribution in [2.24, 2.45) is 0 Å². The number of carbonyl (C=O) groups is 2. The minimum absolute atomic E-state index is 0.0388. The molecule has 0 aromatic heterocycles. The summed E-state index contributed by atoms with van der Waals surface area (Å²) in [5.41, 5.74) is 1.10. The Labute approximate surface area is 150 Å². The fraction of sp³-hybridized carbons (Fsp3) is 0.600. The lowest BCUT2D eigenvalue weighted by Crippen LogP contribution is -2.51. The fourth-order valence-corrected chi connectivity index (χ4v) is 4.23. The molecular formula is C20H29N3O2. The molecule has 0 bridgehead atoms. The largest absolute Gasteiger partial charge is 0.355 e. The van der Waals surface area contributed by atoms with E-state index in [-0.39, 0.29) is 17.9 Å². The number of hydrogen-bond donors (Lipinski definition) is 1. The first-order valence-corrected chi connectivity index (χ1v) is 9.43. The maximum Gasteiger partial charge on any atom is 0.237 e. The second-order valence-corrected chi connectivity index (χ2v) is 7.38. The number of benzene rings is 1. The van der Waals surface area contributed by atoms with Gasteiger partial charge >= 0.3 is 0 Å². The van der Waals surface area contributed by atoms with Crippen molar-refractivity contribution in [2.75, 3.05) is 19.6 Å². The average Bonchev–Trinajstić information content (AvgIpc) is 2.77. The highest BCUT2D eigenvalue weighted by Crippen LogP contribution is 2.27. The van der Waals surface area contributed by atoms with E-state index in [1.54, 1.807) is 0 Å². The van der Waals surface area contributed by atoms with E-state index in [0.29, 0.717) is 38.1 Å². The number of hydrogen-bond acceptors (Lipinski definition) is 3. The maximum atomic E-state index is 13.0. The first-order chi connectivity index (χ1) is 12.1. The van der Waals surface area contributed by atoms with Crippen LogP contribution in [0.25, 0.3) is 0 Å². The molecule has 25 heavy (non-hydrogen) atoms. The number of amides is 2. The topological polar surface area (TPSA) is 52.7 Å². The van der Waals surface area contributed by atoms with Crippen molar-refractivity contribution in [1.82, 2.24) is 15.1 Å². The molecule has 0 unspecified atom stereocenters. The van der Waals surface area contributed by atoms with Crippen LogP contribution in [0.15, 0.2) is 30.3 Å². The standard InChI is InChI=1S/C20H29N3O2/c1-15-7-6-8-16(2)23(15)20(25)14-22-12-11-21-19(24)13-18(22)17-9-4-3-5-10-17/h3-5,9-10,15-16,18H,6-8,11-14H2,1-2H3,(H,21,24)/t15-,16+,18-/m1/s1. The van der Waals surface area contributed by atoms with E-state index < -0.39 is 0 Å². The summed E-state index contributed by atoms with van der Waals surface area (Å²) < 4.78 is 0. The normalized spacial score (nSPS) is 28.3. The summed E-state index contributed by atoms with van der Waals surface area (Å²) in [6.45, 7) is 5.98. The number of nitrogens with zero attached hydrogens (tertiary/aromatic N) is 2. The van der Waals surface area contributed by atoms with Gasteiger partial charge in [-0.15, -0.1) is 0 Å². The van der Waals surface area contributed by atoms with Gasteiger partial charge in [-0.2, -0.15) is 0 Å². The molecule has 2 fully saturated rings. The van der Waals surface area contributed by atoms with Gasteiger partial charge in [0.05, 0.1) is 6.54 Å². The second-order valence-electron chi connectivity index (χ2n) is 7.38. The molecule has 2 aliphatic heterocycles. The van der Waals surface area contributed by atoms with Crippen molar-refractivity contribution in [3.05, 3.63) is 35.9 Å². The summed E-state index contributed by atoms with van der Waals surface area (Å²) >= 11 is 0. The highest BCUT2D eigenvalue weighted by molar-refractivity contribution is 5.80. The van der Waals surface area contributed by atoms with Crippen LogP contribution in [0.4, 0.5) is 0 Å². The summed E-state index contributed by atoms with van der Waals surface area (Å²) in [6.07, 6.45) is 3.76. The molecule has 5 nitrogen and oxygen atoms in total. The molecule has 2 heterocycles. The second kappa shape index (κ2) is 8.00. The van der Waals surface area contributed by atoms with Gasteiger partial charge in [-0.25, -0.2) is 0 Å². The zero-order valence-electron chi connectivity index (χ0n) is 15.3. The third-order valence-electron chi connectivity index (χ3n) is 5.54. The maximum absolute atomic E-state index is 13.0. The third kappa shape index (κ3) is 4.21. The minimum atomic E-state index is -0.0388. The Bertz CT molecular complexity index is 594. The Kier molecular flexibility index (Phi) is 5.74. The van der Waals surface area contributed by atoms with Gasteiger partial charge in [0.1, 0.15) is 0 Å². The minimum Gasteiger partial charge on any atom is -0.355 e. The Morgan fingerprint density at radius 2 is 1.84 bits per heavy atom. The molecule has 0 spiro atoms. The predicted octanol–water partition coefficient (Wildman–Crippen LogP) is 2.34. The SMILES string of the molecule is C[C@@H]1CCC[C@H](C)N1C(=O)CN1CCNC(=O)C[C@@H]1c1ccccc1. The van der Waals surface area contributed by atoms with Crippen LogP contribution in [0.1, 0.15) is 51.1 Å². The van der Waals surface area contributed by atoms with Crippen LogP contribution >= 0.6 is 0 Å². The number of nitrogens with one attached hydrogen (secondary N) is 1. The lowest BCUT2D eigenvalue weighted by Gasteiger charge is -2.41. The Hall–Kier alpha value is -1.88. The monoisotopic (exact) mass is 343 g/mol. The van der Waals surface area contributed by atoms with Crippen molar-refractivity contribution in [2.45, 2.75) is 57.7 Å². The molecular weight excluding hydrogens is 314 g/mol. The van der Waals surface area contributed by atoms with Crippen molar-refractivity contribution in [3.8, 4) is 0 Å². The van der Waals surface area contributed by atoms with Gasteiger partial charge in [-0.1, -0.05) is 30.3 Å². The summed E-state index contributed by atoms with van der Waals surface area (Å²) in [6, 6.07) is 10.6. The van der Waals surface area contributed by atoms with E-state index in [1.165, 1.54) is 6.42 Å². The van der Waals surface area contributed by atoms with Gasteiger partial charge in [0.2, 0.25) is 11.8 Å². The molecule has 0 radical (unpaired) electrons. The van der Waals surface area contributed by atoms with Crippen LogP contribution < -0.4 is 5.32 Å². The Balaban J connectivity index is 1.77. The van der Waals surface area contributed by atoms with Crippen LogP contribution in [0.2, 0.25) is 0 Å². The van der Waals surface area contributed by atoms with E-state index in [0.717, 1.165) is 18.4 Å². The van der Waals surface area contributed by atoms with Crippen LogP contribution in [-0.4, -0.2) is 53.3 Å². The number of piperidine rings is 1. The zero-order chi connectivity index (χ0) is 17.8. The fourth-order valence-electron chi connectivity index (χ4n) is 4.23. The van der Waals surface area contributed by atoms with Crippen molar-refractivity contribution in [1.29, 1.82) is 0 Å². The smallest absolute Gasteiger partial charge is 0.237 e. The predicted molar refractivity (Wildman–Crippen MR) is 98.0 cm³/mol. The first kappa shape index (κ1) is 17.9. The lowest BCUT2D eigenvalue weighted by atomic mass is 9.97. The van der Waals surface area contributed by atoms with Gasteiger partial charge in [0.15, 0.2) is 0 Å². The van der Waals surface area contributed by atoms with Crippen LogP contribution in [0.3, 0.4) is 0 Å². The van der Waals surface area contributed by atoms with Crippen molar-refractivity contribution in [3.63, 3.8) is 0 Å². The first-order valence-electron chi connectivity index (χ1n) is 9.43. The summed E-state index contributed by atoms with van der Waals surface area (Å²) in [5.74, 6) is 0.249. The zero-order valence-corrected chi connectivity index (χ0v) is 15.3. The van der Waals surface area contributed by atoms with Crippen molar-refractivity contribution < 1.29 is 9.59 Å². The van der Waals surface area contributed by atoms with E-state index in [9.17, 15) is 9.59 Å². The highest BCUT2D eigenvalue weighted by Gasteiger charge is 2.33. The molecule has 0 aliphatic carbocycles. The number of likely N-dealkylation sites (tertiary alicyclic amines) is 1. The van der Waals surface area contributed by atoms with Crippen LogP contribution in [0, 0.1) is 0 Å². The molecule has 0 saturated carbocycles. The Morgan fingerprint density at radius 3 is 2.52 bits per heavy atom. The molecule has 5 heteroatoms. The quantitative estimate of drug-likeness (QED) is 0.916. The lowest BCUT2D eigenvalue weighted by molar-refractivity contribution is -0.139. The van der Waals surface area contributed by atoms with Crippen molar-refractivity contribution >= 4 is 11.8 Å². The molecule has 3 rings (SSSR count). The summed E-state index contributed by atoms with van der Waals surface area (Å²) in [7, 11) is 0. The van der Waals surface area contributed by atoms with E-state index >= 15 is 0 Å². The molecule has 2 amide bonds. The Morgan fingerprint density at radius 1 is 1.16 bits per heavy atom. The number of carbonyl (C=O) groups excluding carboxylic acids is 2. The number of rotatable bonds is 3.